The summed E-state index contributed by atoms with van der Waals surface area (Å²) in [5.74, 6) is 0.561. The topological polar surface area (TPSA) is 35.5 Å². The SMILES string of the molecule is Cc1cc(I)c(OC(=O)OC(C)(C)C)c(I)c1. The van der Waals surface area contributed by atoms with Gasteiger partial charge in [-0.15, -0.1) is 0 Å². The van der Waals surface area contributed by atoms with Crippen LogP contribution < -0.4 is 4.74 Å². The van der Waals surface area contributed by atoms with Crippen molar-refractivity contribution in [3.8, 4) is 5.75 Å². The molecular formula is C12H14I2O3. The standard InChI is InChI=1S/C12H14I2O3/c1-7-5-8(13)10(9(14)6-7)16-11(15)17-12(2,3)4/h5-6H,1-4H3. The highest BCUT2D eigenvalue weighted by atomic mass is 127. The van der Waals surface area contributed by atoms with E-state index in [4.69, 9.17) is 9.47 Å². The van der Waals surface area contributed by atoms with Gasteiger partial charge in [0.25, 0.3) is 0 Å². The molecule has 0 fully saturated rings. The first-order valence-electron chi connectivity index (χ1n) is 5.05. The van der Waals surface area contributed by atoms with Crippen LogP contribution in [0.2, 0.25) is 0 Å². The van der Waals surface area contributed by atoms with Crippen LogP contribution in [0.4, 0.5) is 4.79 Å². The minimum absolute atomic E-state index is 0.543. The quantitative estimate of drug-likeness (QED) is 0.352. The third-order valence-electron chi connectivity index (χ3n) is 1.72. The molecule has 0 N–H and O–H groups in total. The van der Waals surface area contributed by atoms with Crippen molar-refractivity contribution in [3.63, 3.8) is 0 Å². The highest BCUT2D eigenvalue weighted by Gasteiger charge is 2.20. The third-order valence-corrected chi connectivity index (χ3v) is 3.32. The van der Waals surface area contributed by atoms with Crippen LogP contribution in [0.15, 0.2) is 12.1 Å². The van der Waals surface area contributed by atoms with Crippen LogP contribution in [-0.4, -0.2) is 11.8 Å². The molecule has 1 aromatic rings. The van der Waals surface area contributed by atoms with Gasteiger partial charge in [0.1, 0.15) is 5.60 Å². The molecule has 1 rings (SSSR count). The lowest BCUT2D eigenvalue weighted by Crippen LogP contribution is -2.26. The molecule has 0 aliphatic heterocycles. The second kappa shape index (κ2) is 5.73. The van der Waals surface area contributed by atoms with E-state index in [1.54, 1.807) is 20.8 Å². The summed E-state index contributed by atoms with van der Waals surface area (Å²) in [5, 5.41) is 0. The third kappa shape index (κ3) is 4.99. The molecule has 1 aromatic carbocycles. The molecule has 3 nitrogen and oxygen atoms in total. The normalized spacial score (nSPS) is 11.2. The Morgan fingerprint density at radius 2 is 1.65 bits per heavy atom. The van der Waals surface area contributed by atoms with Crippen molar-refractivity contribution in [2.24, 2.45) is 0 Å². The van der Waals surface area contributed by atoms with Gasteiger partial charge in [-0.3, -0.25) is 0 Å². The molecule has 0 aromatic heterocycles. The summed E-state index contributed by atoms with van der Waals surface area (Å²) in [5.41, 5.74) is 0.592. The number of carbonyl (C=O) groups excluding carboxylic acids is 1. The molecule has 0 heterocycles. The molecule has 94 valence electrons. The second-order valence-corrected chi connectivity index (χ2v) is 6.95. The maximum absolute atomic E-state index is 11.6. The smallest absolute Gasteiger partial charge is 0.428 e. The lowest BCUT2D eigenvalue weighted by Gasteiger charge is -2.19. The number of aryl methyl sites for hydroxylation is 1. The van der Waals surface area contributed by atoms with E-state index in [2.05, 4.69) is 45.2 Å². The van der Waals surface area contributed by atoms with Gasteiger partial charge in [-0.1, -0.05) is 0 Å². The maximum Gasteiger partial charge on any atom is 0.514 e. The van der Waals surface area contributed by atoms with Gasteiger partial charge in [0, 0.05) is 0 Å². The first kappa shape index (κ1) is 15.0. The fourth-order valence-electron chi connectivity index (χ4n) is 1.14. The lowest BCUT2D eigenvalue weighted by molar-refractivity contribution is 0.0203. The first-order chi connectivity index (χ1) is 7.69. The number of halogens is 2. The average Bonchev–Trinajstić information content (AvgIpc) is 2.08. The van der Waals surface area contributed by atoms with Crippen LogP contribution in [0.25, 0.3) is 0 Å². The van der Waals surface area contributed by atoms with Crippen LogP contribution >= 0.6 is 45.2 Å². The van der Waals surface area contributed by atoms with E-state index in [0.717, 1.165) is 12.7 Å². The molecule has 0 saturated heterocycles. The average molecular weight is 460 g/mol. The Kier molecular flexibility index (Phi) is 5.06. The molecule has 0 aliphatic rings. The van der Waals surface area contributed by atoms with Crippen LogP contribution in [0.5, 0.6) is 5.75 Å². The maximum atomic E-state index is 11.6. The van der Waals surface area contributed by atoms with Gasteiger partial charge in [-0.25, -0.2) is 4.79 Å². The zero-order valence-electron chi connectivity index (χ0n) is 10.1. The predicted octanol–water partition coefficient (Wildman–Crippen LogP) is 4.52. The Labute approximate surface area is 129 Å². The monoisotopic (exact) mass is 460 g/mol. The Morgan fingerprint density at radius 3 is 2.06 bits per heavy atom. The van der Waals surface area contributed by atoms with E-state index in [1.165, 1.54) is 0 Å². The summed E-state index contributed by atoms with van der Waals surface area (Å²) in [6.45, 7) is 7.42. The Balaban J connectivity index is 2.86. The molecule has 5 heteroatoms. The predicted molar refractivity (Wildman–Crippen MR) is 83.5 cm³/mol. The van der Waals surface area contributed by atoms with Crippen molar-refractivity contribution in [1.29, 1.82) is 0 Å². The molecule has 0 unspecified atom stereocenters. The summed E-state index contributed by atoms with van der Waals surface area (Å²) in [6, 6.07) is 3.92. The highest BCUT2D eigenvalue weighted by Crippen LogP contribution is 2.29. The summed E-state index contributed by atoms with van der Waals surface area (Å²) < 4.78 is 12.1. The zero-order chi connectivity index (χ0) is 13.2. The van der Waals surface area contributed by atoms with Crippen LogP contribution in [0.3, 0.4) is 0 Å². The molecule has 0 radical (unpaired) electrons. The number of hydrogen-bond acceptors (Lipinski definition) is 3. The fourth-order valence-corrected chi connectivity index (χ4v) is 3.44. The van der Waals surface area contributed by atoms with Crippen molar-refractivity contribution in [3.05, 3.63) is 24.8 Å². The molecule has 0 atom stereocenters. The largest absolute Gasteiger partial charge is 0.514 e. The molecular weight excluding hydrogens is 446 g/mol. The fraction of sp³-hybridized carbons (Fsp3) is 0.417. The number of ether oxygens (including phenoxy) is 2. The van der Waals surface area contributed by atoms with Crippen LogP contribution in [0, 0.1) is 14.1 Å². The van der Waals surface area contributed by atoms with E-state index < -0.39 is 11.8 Å². The van der Waals surface area contributed by atoms with Crippen molar-refractivity contribution >= 4 is 51.3 Å². The Bertz CT molecular complexity index is 413. The van der Waals surface area contributed by atoms with Gasteiger partial charge in [-0.2, -0.15) is 0 Å². The number of carbonyl (C=O) groups is 1. The van der Waals surface area contributed by atoms with Crippen molar-refractivity contribution < 1.29 is 14.3 Å². The number of benzene rings is 1. The second-order valence-electron chi connectivity index (χ2n) is 4.62. The minimum Gasteiger partial charge on any atom is -0.428 e. The van der Waals surface area contributed by atoms with Crippen LogP contribution in [0.1, 0.15) is 26.3 Å². The summed E-state index contributed by atoms with van der Waals surface area (Å²) in [6.07, 6.45) is -0.669. The molecule has 0 spiro atoms. The molecule has 17 heavy (non-hydrogen) atoms. The van der Waals surface area contributed by atoms with E-state index >= 15 is 0 Å². The molecule has 0 amide bonds. The van der Waals surface area contributed by atoms with Gasteiger partial charge in [0.15, 0.2) is 5.75 Å². The van der Waals surface area contributed by atoms with E-state index in [1.807, 2.05) is 19.1 Å². The molecule has 0 saturated carbocycles. The minimum atomic E-state index is -0.669. The Hall–Kier alpha value is -0.0500. The first-order valence-corrected chi connectivity index (χ1v) is 7.21. The van der Waals surface area contributed by atoms with E-state index in [0.29, 0.717) is 5.75 Å². The van der Waals surface area contributed by atoms with Crippen molar-refractivity contribution in [2.75, 3.05) is 0 Å². The Morgan fingerprint density at radius 1 is 1.18 bits per heavy atom. The van der Waals surface area contributed by atoms with Gasteiger partial charge >= 0.3 is 6.16 Å². The number of rotatable bonds is 1. The van der Waals surface area contributed by atoms with E-state index in [-0.39, 0.29) is 0 Å². The van der Waals surface area contributed by atoms with Crippen molar-refractivity contribution in [2.45, 2.75) is 33.3 Å². The van der Waals surface area contributed by atoms with Gasteiger partial charge in [-0.05, 0) is 90.6 Å². The molecule has 0 bridgehead atoms. The van der Waals surface area contributed by atoms with E-state index in [9.17, 15) is 4.79 Å². The summed E-state index contributed by atoms with van der Waals surface area (Å²) in [4.78, 5) is 11.6. The van der Waals surface area contributed by atoms with Crippen molar-refractivity contribution in [1.82, 2.24) is 0 Å². The lowest BCUT2D eigenvalue weighted by atomic mass is 10.2. The number of hydrogen-bond donors (Lipinski definition) is 0. The summed E-state index contributed by atoms with van der Waals surface area (Å²) in [7, 11) is 0. The summed E-state index contributed by atoms with van der Waals surface area (Å²) >= 11 is 4.29. The highest BCUT2D eigenvalue weighted by molar-refractivity contribution is 14.1. The van der Waals surface area contributed by atoms with Gasteiger partial charge < -0.3 is 9.47 Å². The van der Waals surface area contributed by atoms with Crippen LogP contribution in [-0.2, 0) is 4.74 Å². The van der Waals surface area contributed by atoms with Gasteiger partial charge in [0.2, 0.25) is 0 Å². The zero-order valence-corrected chi connectivity index (χ0v) is 14.5. The van der Waals surface area contributed by atoms with Gasteiger partial charge in [0.05, 0.1) is 7.14 Å². The molecule has 0 aliphatic carbocycles.